The largest absolute Gasteiger partial charge is 0.416 e. The second-order valence-corrected chi connectivity index (χ2v) is 6.09. The zero-order valence-corrected chi connectivity index (χ0v) is 12.9. The summed E-state index contributed by atoms with van der Waals surface area (Å²) >= 11 is 0. The number of rotatable bonds is 2. The Hall–Kier alpha value is -2.50. The fourth-order valence-corrected chi connectivity index (χ4v) is 3.27. The van der Waals surface area contributed by atoms with Crippen LogP contribution in [0.4, 0.5) is 24.8 Å². The summed E-state index contributed by atoms with van der Waals surface area (Å²) in [6, 6.07) is 9.65. The van der Waals surface area contributed by atoms with Crippen LogP contribution in [0, 0.1) is 0 Å². The highest BCUT2D eigenvalue weighted by molar-refractivity contribution is 5.79. The van der Waals surface area contributed by atoms with Crippen molar-refractivity contribution < 1.29 is 13.2 Å². The Balaban J connectivity index is 1.68. The first-order valence-electron chi connectivity index (χ1n) is 7.95. The summed E-state index contributed by atoms with van der Waals surface area (Å²) in [4.78, 5) is 7.29. The summed E-state index contributed by atoms with van der Waals surface area (Å²) in [5.74, 6) is 0.461. The number of halogens is 3. The normalized spacial score (nSPS) is 14.6. The Morgan fingerprint density at radius 3 is 2.71 bits per heavy atom. The van der Waals surface area contributed by atoms with Crippen LogP contribution in [0.15, 0.2) is 36.4 Å². The molecule has 1 aromatic heterocycles. The van der Waals surface area contributed by atoms with Crippen molar-refractivity contribution in [3.8, 4) is 0 Å². The van der Waals surface area contributed by atoms with Crippen molar-refractivity contribution in [2.45, 2.75) is 31.9 Å². The van der Waals surface area contributed by atoms with Gasteiger partial charge in [-0.05, 0) is 61.1 Å². The van der Waals surface area contributed by atoms with Crippen LogP contribution in [0.1, 0.15) is 29.5 Å². The van der Waals surface area contributed by atoms with Gasteiger partial charge in [-0.25, -0.2) is 4.98 Å². The van der Waals surface area contributed by atoms with Gasteiger partial charge in [0.25, 0.3) is 0 Å². The standard InChI is InChI=1S/C18H16F3N3/c19-18(20,21)12-8-9-15-16(10-12)24-17(23-15)22-14-7-3-5-11-4-1-2-6-13(11)14/h3,5,7-10H,1-2,4,6H2,(H2,22,23,24). The Kier molecular flexibility index (Phi) is 3.48. The van der Waals surface area contributed by atoms with Gasteiger partial charge in [-0.1, -0.05) is 12.1 Å². The fourth-order valence-electron chi connectivity index (χ4n) is 3.27. The molecule has 0 fully saturated rings. The van der Waals surface area contributed by atoms with Gasteiger partial charge in [0.05, 0.1) is 16.6 Å². The zero-order valence-electron chi connectivity index (χ0n) is 12.9. The van der Waals surface area contributed by atoms with E-state index in [0.29, 0.717) is 17.0 Å². The molecule has 0 saturated heterocycles. The summed E-state index contributed by atoms with van der Waals surface area (Å²) in [6.07, 6.45) is 0.0738. The van der Waals surface area contributed by atoms with E-state index in [1.807, 2.05) is 12.1 Å². The maximum atomic E-state index is 12.8. The Bertz CT molecular complexity index is 896. The number of nitrogens with one attached hydrogen (secondary N) is 2. The minimum atomic E-state index is -4.36. The first-order chi connectivity index (χ1) is 11.5. The van der Waals surface area contributed by atoms with Gasteiger partial charge in [0.15, 0.2) is 0 Å². The number of H-pyrrole nitrogens is 1. The molecule has 1 aliphatic rings. The number of nitrogens with zero attached hydrogens (tertiary/aromatic N) is 1. The van der Waals surface area contributed by atoms with Crippen LogP contribution in [-0.2, 0) is 19.0 Å². The van der Waals surface area contributed by atoms with Gasteiger partial charge in [0, 0.05) is 5.69 Å². The molecular formula is C18H16F3N3. The SMILES string of the molecule is FC(F)(F)c1ccc2nc(Nc3cccc4c3CCCC4)[nH]c2c1. The van der Waals surface area contributed by atoms with Crippen LogP contribution >= 0.6 is 0 Å². The average molecular weight is 331 g/mol. The van der Waals surface area contributed by atoms with Crippen molar-refractivity contribution >= 4 is 22.7 Å². The van der Waals surface area contributed by atoms with Crippen LogP contribution in [0.3, 0.4) is 0 Å². The topological polar surface area (TPSA) is 40.7 Å². The molecule has 3 aromatic rings. The van der Waals surface area contributed by atoms with E-state index < -0.39 is 11.7 Å². The molecule has 6 heteroatoms. The van der Waals surface area contributed by atoms with Gasteiger partial charge in [-0.2, -0.15) is 13.2 Å². The highest BCUT2D eigenvalue weighted by Gasteiger charge is 2.30. The number of benzene rings is 2. The maximum absolute atomic E-state index is 12.8. The zero-order chi connectivity index (χ0) is 16.7. The van der Waals surface area contributed by atoms with E-state index in [0.717, 1.165) is 37.1 Å². The van der Waals surface area contributed by atoms with Gasteiger partial charge >= 0.3 is 6.18 Å². The molecule has 0 spiro atoms. The van der Waals surface area contributed by atoms with Crippen molar-refractivity contribution in [3.63, 3.8) is 0 Å². The molecule has 0 bridgehead atoms. The predicted octanol–water partition coefficient (Wildman–Crippen LogP) is 5.20. The maximum Gasteiger partial charge on any atom is 0.416 e. The average Bonchev–Trinajstić information content (AvgIpc) is 2.96. The molecule has 0 atom stereocenters. The predicted molar refractivity (Wildman–Crippen MR) is 87.5 cm³/mol. The fraction of sp³-hybridized carbons (Fsp3) is 0.278. The third kappa shape index (κ3) is 2.72. The smallest absolute Gasteiger partial charge is 0.325 e. The lowest BCUT2D eigenvalue weighted by Gasteiger charge is -2.19. The van der Waals surface area contributed by atoms with Gasteiger partial charge in [0.1, 0.15) is 0 Å². The first kappa shape index (κ1) is 15.1. The molecule has 3 nitrogen and oxygen atoms in total. The quantitative estimate of drug-likeness (QED) is 0.677. The molecule has 0 unspecified atom stereocenters. The number of imidazole rings is 1. The van der Waals surface area contributed by atoms with Gasteiger partial charge < -0.3 is 10.3 Å². The van der Waals surface area contributed by atoms with Gasteiger partial charge in [-0.3, -0.25) is 0 Å². The van der Waals surface area contributed by atoms with Crippen molar-refractivity contribution in [1.82, 2.24) is 9.97 Å². The first-order valence-corrected chi connectivity index (χ1v) is 7.95. The van der Waals surface area contributed by atoms with Crippen LogP contribution in [0.5, 0.6) is 0 Å². The molecule has 0 aliphatic heterocycles. The molecule has 0 saturated carbocycles. The van der Waals surface area contributed by atoms with Gasteiger partial charge in [-0.15, -0.1) is 0 Å². The van der Waals surface area contributed by atoms with E-state index >= 15 is 0 Å². The molecule has 4 rings (SSSR count). The summed E-state index contributed by atoms with van der Waals surface area (Å²) in [5.41, 5.74) is 3.79. The number of aromatic amines is 1. The highest BCUT2D eigenvalue weighted by Crippen LogP contribution is 2.32. The molecule has 2 aromatic carbocycles. The molecule has 2 N–H and O–H groups in total. The van der Waals surface area contributed by atoms with Crippen LogP contribution in [-0.4, -0.2) is 9.97 Å². The Morgan fingerprint density at radius 2 is 1.88 bits per heavy atom. The van der Waals surface area contributed by atoms with Gasteiger partial charge in [0.2, 0.25) is 5.95 Å². The Labute approximate surface area is 136 Å². The molecule has 124 valence electrons. The van der Waals surface area contributed by atoms with Crippen molar-refractivity contribution in [3.05, 3.63) is 53.1 Å². The third-order valence-electron chi connectivity index (χ3n) is 4.46. The number of hydrogen-bond donors (Lipinski definition) is 2. The number of aryl methyl sites for hydroxylation is 1. The number of anilines is 2. The van der Waals surface area contributed by atoms with E-state index in [1.165, 1.54) is 23.6 Å². The molecule has 1 aliphatic carbocycles. The number of aromatic nitrogens is 2. The Morgan fingerprint density at radius 1 is 1.04 bits per heavy atom. The minimum absolute atomic E-state index is 0.372. The molecule has 0 radical (unpaired) electrons. The number of hydrogen-bond acceptors (Lipinski definition) is 2. The lowest BCUT2D eigenvalue weighted by atomic mass is 9.90. The lowest BCUT2D eigenvalue weighted by Crippen LogP contribution is -2.06. The summed E-state index contributed by atoms with van der Waals surface area (Å²) in [5, 5.41) is 3.23. The van der Waals surface area contributed by atoms with Crippen LogP contribution in [0.2, 0.25) is 0 Å². The molecular weight excluding hydrogens is 315 g/mol. The number of alkyl halides is 3. The molecule has 0 amide bonds. The second kappa shape index (κ2) is 5.54. The van der Waals surface area contributed by atoms with Crippen molar-refractivity contribution in [2.75, 3.05) is 5.32 Å². The van der Waals surface area contributed by atoms with Crippen LogP contribution in [0.25, 0.3) is 11.0 Å². The summed E-state index contributed by atoms with van der Waals surface area (Å²) in [7, 11) is 0. The lowest BCUT2D eigenvalue weighted by molar-refractivity contribution is -0.137. The monoisotopic (exact) mass is 331 g/mol. The second-order valence-electron chi connectivity index (χ2n) is 6.09. The minimum Gasteiger partial charge on any atom is -0.325 e. The van der Waals surface area contributed by atoms with Crippen LogP contribution < -0.4 is 5.32 Å². The van der Waals surface area contributed by atoms with E-state index in [-0.39, 0.29) is 0 Å². The van der Waals surface area contributed by atoms with Crippen molar-refractivity contribution in [2.24, 2.45) is 0 Å². The van der Waals surface area contributed by atoms with E-state index in [2.05, 4.69) is 21.4 Å². The summed E-state index contributed by atoms with van der Waals surface area (Å²) < 4.78 is 38.4. The molecule has 1 heterocycles. The van der Waals surface area contributed by atoms with E-state index in [9.17, 15) is 13.2 Å². The van der Waals surface area contributed by atoms with Crippen molar-refractivity contribution in [1.29, 1.82) is 0 Å². The van der Waals surface area contributed by atoms with E-state index in [4.69, 9.17) is 0 Å². The number of fused-ring (bicyclic) bond motifs is 2. The van der Waals surface area contributed by atoms with E-state index in [1.54, 1.807) is 0 Å². The third-order valence-corrected chi connectivity index (χ3v) is 4.46. The highest BCUT2D eigenvalue weighted by atomic mass is 19.4. The molecule has 24 heavy (non-hydrogen) atoms. The summed E-state index contributed by atoms with van der Waals surface area (Å²) in [6.45, 7) is 0.